The highest BCUT2D eigenvalue weighted by atomic mass is 16.5. The van der Waals surface area contributed by atoms with Crippen LogP contribution in [0, 0.1) is 26.2 Å². The Hall–Kier alpha value is -1.39. The van der Waals surface area contributed by atoms with E-state index in [0.717, 1.165) is 42.6 Å². The van der Waals surface area contributed by atoms with Gasteiger partial charge < -0.3 is 15.4 Å². The van der Waals surface area contributed by atoms with E-state index in [4.69, 9.17) is 4.74 Å². The van der Waals surface area contributed by atoms with Gasteiger partial charge in [0.05, 0.1) is 6.61 Å². The number of hydrogen-bond donors (Lipinski definition) is 2. The fraction of sp³-hybridized carbons (Fsp3) is 0.611. The van der Waals surface area contributed by atoms with Crippen LogP contribution in [0.1, 0.15) is 39.9 Å². The van der Waals surface area contributed by atoms with Gasteiger partial charge in [-0.25, -0.2) is 0 Å². The van der Waals surface area contributed by atoms with Crippen LogP contribution in [-0.2, 0) is 4.74 Å². The minimum atomic E-state index is 0.0315. The number of amides is 1. The van der Waals surface area contributed by atoms with Crippen molar-refractivity contribution in [2.45, 2.75) is 33.6 Å². The number of hydrogen-bond acceptors (Lipinski definition) is 3. The fourth-order valence-electron chi connectivity index (χ4n) is 3.53. The molecule has 4 heteroatoms. The topological polar surface area (TPSA) is 50.4 Å². The molecule has 0 saturated carbocycles. The third kappa shape index (κ3) is 3.87. The van der Waals surface area contributed by atoms with Crippen LogP contribution in [0.15, 0.2) is 12.1 Å². The molecule has 1 amide bonds. The molecule has 0 aliphatic carbocycles. The summed E-state index contributed by atoms with van der Waals surface area (Å²) in [6.45, 7) is 9.41. The standard InChI is InChI=1S/C18H28N2O2/c1-13-9-14(2)16(15(3)10-13)17(21)20-11-18(12-22-4)5-7-19-8-6-18/h9-10,19H,5-8,11-12H2,1-4H3,(H,20,21). The smallest absolute Gasteiger partial charge is 0.251 e. The Balaban J connectivity index is 2.08. The molecule has 1 heterocycles. The lowest BCUT2D eigenvalue weighted by molar-refractivity contribution is 0.0511. The van der Waals surface area contributed by atoms with Crippen molar-refractivity contribution in [3.05, 3.63) is 34.4 Å². The molecule has 22 heavy (non-hydrogen) atoms. The number of rotatable bonds is 5. The van der Waals surface area contributed by atoms with Gasteiger partial charge in [-0.3, -0.25) is 4.79 Å². The summed E-state index contributed by atoms with van der Waals surface area (Å²) in [5.41, 5.74) is 4.15. The highest BCUT2D eigenvalue weighted by Gasteiger charge is 2.32. The van der Waals surface area contributed by atoms with Crippen LogP contribution in [-0.4, -0.2) is 39.3 Å². The number of aryl methyl sites for hydroxylation is 3. The third-order valence-corrected chi connectivity index (χ3v) is 4.64. The van der Waals surface area contributed by atoms with Gasteiger partial charge in [-0.2, -0.15) is 0 Å². The van der Waals surface area contributed by atoms with Gasteiger partial charge in [0.15, 0.2) is 0 Å². The Morgan fingerprint density at radius 1 is 1.23 bits per heavy atom. The van der Waals surface area contributed by atoms with E-state index in [-0.39, 0.29) is 11.3 Å². The summed E-state index contributed by atoms with van der Waals surface area (Å²) < 4.78 is 5.41. The number of nitrogens with one attached hydrogen (secondary N) is 2. The van der Waals surface area contributed by atoms with Gasteiger partial charge in [0.25, 0.3) is 5.91 Å². The Bertz CT molecular complexity index is 505. The summed E-state index contributed by atoms with van der Waals surface area (Å²) in [7, 11) is 1.74. The molecule has 1 saturated heterocycles. The molecule has 0 bridgehead atoms. The first kappa shape index (κ1) is 17.0. The molecule has 0 atom stereocenters. The van der Waals surface area contributed by atoms with Crippen molar-refractivity contribution in [3.63, 3.8) is 0 Å². The summed E-state index contributed by atoms with van der Waals surface area (Å²) in [5, 5.41) is 6.52. The number of ether oxygens (including phenoxy) is 1. The first-order valence-electron chi connectivity index (χ1n) is 8.03. The molecule has 1 aliphatic rings. The first-order valence-corrected chi connectivity index (χ1v) is 8.03. The van der Waals surface area contributed by atoms with E-state index >= 15 is 0 Å². The van der Waals surface area contributed by atoms with E-state index in [1.54, 1.807) is 7.11 Å². The molecule has 2 rings (SSSR count). The maximum absolute atomic E-state index is 12.6. The van der Waals surface area contributed by atoms with E-state index < -0.39 is 0 Å². The molecule has 122 valence electrons. The lowest BCUT2D eigenvalue weighted by atomic mass is 9.79. The van der Waals surface area contributed by atoms with Gasteiger partial charge in [0.1, 0.15) is 0 Å². The summed E-state index contributed by atoms with van der Waals surface area (Å²) in [5.74, 6) is 0.0315. The minimum Gasteiger partial charge on any atom is -0.384 e. The van der Waals surface area contributed by atoms with Gasteiger partial charge in [0.2, 0.25) is 0 Å². The lowest BCUT2D eigenvalue weighted by Gasteiger charge is -2.37. The van der Waals surface area contributed by atoms with Crippen molar-refractivity contribution in [3.8, 4) is 0 Å². The molecule has 4 nitrogen and oxygen atoms in total. The molecule has 1 aliphatic heterocycles. The SMILES string of the molecule is COCC1(CNC(=O)c2c(C)cc(C)cc2C)CCNCC1. The van der Waals surface area contributed by atoms with Gasteiger partial charge >= 0.3 is 0 Å². The lowest BCUT2D eigenvalue weighted by Crippen LogP contribution is -2.47. The van der Waals surface area contributed by atoms with Gasteiger partial charge in [-0.15, -0.1) is 0 Å². The Labute approximate surface area is 133 Å². The Kier molecular flexibility index (Phi) is 5.59. The molecule has 1 aromatic rings. The zero-order valence-electron chi connectivity index (χ0n) is 14.2. The van der Waals surface area contributed by atoms with Crippen LogP contribution >= 0.6 is 0 Å². The average Bonchev–Trinajstić information content (AvgIpc) is 2.45. The van der Waals surface area contributed by atoms with Crippen LogP contribution in [0.2, 0.25) is 0 Å². The normalized spacial score (nSPS) is 17.3. The molecule has 2 N–H and O–H groups in total. The predicted octanol–water partition coefficient (Wildman–Crippen LogP) is 2.36. The van der Waals surface area contributed by atoms with Crippen LogP contribution in [0.5, 0.6) is 0 Å². The quantitative estimate of drug-likeness (QED) is 0.878. The molecule has 0 radical (unpaired) electrons. The second-order valence-corrected chi connectivity index (χ2v) is 6.64. The molecule has 0 unspecified atom stereocenters. The molecular weight excluding hydrogens is 276 g/mol. The van der Waals surface area contributed by atoms with Crippen LogP contribution in [0.25, 0.3) is 0 Å². The van der Waals surface area contributed by atoms with Crippen LogP contribution in [0.3, 0.4) is 0 Å². The third-order valence-electron chi connectivity index (χ3n) is 4.64. The largest absolute Gasteiger partial charge is 0.384 e. The summed E-state index contributed by atoms with van der Waals surface area (Å²) >= 11 is 0. The van der Waals surface area contributed by atoms with Crippen molar-refractivity contribution < 1.29 is 9.53 Å². The molecule has 0 spiro atoms. The van der Waals surface area contributed by atoms with Crippen molar-refractivity contribution in [1.82, 2.24) is 10.6 Å². The molecular formula is C18H28N2O2. The van der Waals surface area contributed by atoms with Crippen LogP contribution < -0.4 is 10.6 Å². The Morgan fingerprint density at radius 2 is 1.82 bits per heavy atom. The summed E-state index contributed by atoms with van der Waals surface area (Å²) in [4.78, 5) is 12.6. The average molecular weight is 304 g/mol. The number of carbonyl (C=O) groups is 1. The van der Waals surface area contributed by atoms with E-state index in [0.29, 0.717) is 13.2 Å². The zero-order valence-corrected chi connectivity index (χ0v) is 14.2. The fourth-order valence-corrected chi connectivity index (χ4v) is 3.53. The highest BCUT2D eigenvalue weighted by molar-refractivity contribution is 5.97. The van der Waals surface area contributed by atoms with Crippen molar-refractivity contribution >= 4 is 5.91 Å². The van der Waals surface area contributed by atoms with Crippen LogP contribution in [0.4, 0.5) is 0 Å². The highest BCUT2D eigenvalue weighted by Crippen LogP contribution is 2.28. The minimum absolute atomic E-state index is 0.0315. The monoisotopic (exact) mass is 304 g/mol. The van der Waals surface area contributed by atoms with Gasteiger partial charge in [0, 0.05) is 24.6 Å². The summed E-state index contributed by atoms with van der Waals surface area (Å²) in [6, 6.07) is 4.13. The van der Waals surface area contributed by atoms with E-state index in [1.807, 2.05) is 13.8 Å². The number of carbonyl (C=O) groups excluding carboxylic acids is 1. The van der Waals surface area contributed by atoms with E-state index in [1.165, 1.54) is 5.56 Å². The van der Waals surface area contributed by atoms with Gasteiger partial charge in [-0.05, 0) is 57.8 Å². The molecule has 1 aromatic carbocycles. The predicted molar refractivity (Wildman–Crippen MR) is 89.4 cm³/mol. The first-order chi connectivity index (χ1) is 10.5. The number of methoxy groups -OCH3 is 1. The molecule has 0 aromatic heterocycles. The second-order valence-electron chi connectivity index (χ2n) is 6.64. The van der Waals surface area contributed by atoms with Gasteiger partial charge in [-0.1, -0.05) is 17.7 Å². The zero-order chi connectivity index (χ0) is 16.2. The maximum Gasteiger partial charge on any atom is 0.251 e. The van der Waals surface area contributed by atoms with E-state index in [9.17, 15) is 4.79 Å². The number of benzene rings is 1. The molecule has 1 fully saturated rings. The second kappa shape index (κ2) is 7.25. The Morgan fingerprint density at radius 3 is 2.36 bits per heavy atom. The van der Waals surface area contributed by atoms with Crippen molar-refractivity contribution in [2.24, 2.45) is 5.41 Å². The maximum atomic E-state index is 12.6. The summed E-state index contributed by atoms with van der Waals surface area (Å²) in [6.07, 6.45) is 2.07. The number of piperidine rings is 1. The van der Waals surface area contributed by atoms with Crippen molar-refractivity contribution in [2.75, 3.05) is 33.4 Å². The van der Waals surface area contributed by atoms with Crippen molar-refractivity contribution in [1.29, 1.82) is 0 Å². The van der Waals surface area contributed by atoms with E-state index in [2.05, 4.69) is 29.7 Å².